The molecule has 0 unspecified atom stereocenters. The molecule has 2 heterocycles. The van der Waals surface area contributed by atoms with E-state index in [9.17, 15) is 14.4 Å². The molecule has 164 valence electrons. The third kappa shape index (κ3) is 5.11. The van der Waals surface area contributed by atoms with Crippen molar-refractivity contribution in [1.29, 1.82) is 0 Å². The van der Waals surface area contributed by atoms with Crippen LogP contribution in [0.3, 0.4) is 0 Å². The van der Waals surface area contributed by atoms with Gasteiger partial charge in [-0.3, -0.25) is 19.1 Å². The van der Waals surface area contributed by atoms with Crippen molar-refractivity contribution in [3.8, 4) is 0 Å². The number of amides is 1. The molecule has 0 aliphatic rings. The predicted octanol–water partition coefficient (Wildman–Crippen LogP) is 3.23. The van der Waals surface area contributed by atoms with Crippen LogP contribution >= 0.6 is 11.3 Å². The molecule has 0 saturated carbocycles. The number of benzene rings is 1. The maximum atomic E-state index is 13.1. The molecule has 31 heavy (non-hydrogen) atoms. The van der Waals surface area contributed by atoms with E-state index in [-0.39, 0.29) is 23.3 Å². The number of hydrogen-bond donors (Lipinski definition) is 2. The van der Waals surface area contributed by atoms with Crippen LogP contribution in [0, 0.1) is 5.92 Å². The highest BCUT2D eigenvalue weighted by Crippen LogP contribution is 2.23. The van der Waals surface area contributed by atoms with E-state index < -0.39 is 11.2 Å². The molecular formula is C22H27N5O3S. The fraction of sp³-hybridized carbons (Fsp3) is 0.364. The number of fused-ring (bicyclic) bond motifs is 1. The number of unbranched alkanes of at least 4 members (excludes halogenated alkanes) is 1. The Bertz CT molecular complexity index is 1190. The van der Waals surface area contributed by atoms with Gasteiger partial charge in [-0.15, -0.1) is 11.3 Å². The molecule has 0 bridgehead atoms. The van der Waals surface area contributed by atoms with Gasteiger partial charge in [-0.25, -0.2) is 9.78 Å². The second-order valence-electron chi connectivity index (χ2n) is 7.69. The maximum absolute atomic E-state index is 13.1. The Morgan fingerprint density at radius 2 is 2.06 bits per heavy atom. The van der Waals surface area contributed by atoms with Crippen molar-refractivity contribution in [2.24, 2.45) is 5.92 Å². The smallest absolute Gasteiger partial charge is 0.330 e. The van der Waals surface area contributed by atoms with Gasteiger partial charge < -0.3 is 10.6 Å². The number of hydrogen-bond acceptors (Lipinski definition) is 6. The number of nitrogens with zero attached hydrogens (tertiary/aromatic N) is 3. The Hall–Kier alpha value is -3.20. The van der Waals surface area contributed by atoms with E-state index in [2.05, 4.69) is 9.97 Å². The zero-order chi connectivity index (χ0) is 22.5. The van der Waals surface area contributed by atoms with Crippen LogP contribution in [0.2, 0.25) is 0 Å². The molecule has 3 N–H and O–H groups in total. The van der Waals surface area contributed by atoms with E-state index in [1.807, 2.05) is 45.0 Å². The van der Waals surface area contributed by atoms with E-state index in [1.165, 1.54) is 26.9 Å². The Morgan fingerprint density at radius 1 is 1.32 bits per heavy atom. The maximum Gasteiger partial charge on any atom is 0.330 e. The van der Waals surface area contributed by atoms with Crippen LogP contribution in [-0.2, 0) is 11.3 Å². The zero-order valence-corrected chi connectivity index (χ0v) is 18.7. The van der Waals surface area contributed by atoms with E-state index in [0.717, 1.165) is 16.6 Å². The summed E-state index contributed by atoms with van der Waals surface area (Å²) < 4.78 is 2.34. The number of aromatic nitrogens is 3. The minimum absolute atomic E-state index is 0.000269. The SMILES string of the molecule is CCCCN(C(=O)/C=C/c1nc2ccccc2s1)c1c(N)n(CC(C)C)c(=O)[nH]c1=O. The average molecular weight is 442 g/mol. The van der Waals surface area contributed by atoms with E-state index in [4.69, 9.17) is 5.73 Å². The zero-order valence-electron chi connectivity index (χ0n) is 17.9. The van der Waals surface area contributed by atoms with Crippen molar-refractivity contribution < 1.29 is 4.79 Å². The Morgan fingerprint density at radius 3 is 2.74 bits per heavy atom. The van der Waals surface area contributed by atoms with Gasteiger partial charge in [0, 0.05) is 19.2 Å². The fourth-order valence-corrected chi connectivity index (χ4v) is 4.10. The number of nitrogens with one attached hydrogen (secondary N) is 1. The van der Waals surface area contributed by atoms with Gasteiger partial charge in [-0.2, -0.15) is 0 Å². The highest BCUT2D eigenvalue weighted by atomic mass is 32.1. The molecule has 0 atom stereocenters. The van der Waals surface area contributed by atoms with Crippen LogP contribution in [0.25, 0.3) is 16.3 Å². The van der Waals surface area contributed by atoms with Gasteiger partial charge in [0.15, 0.2) is 5.69 Å². The Labute approximate surface area is 184 Å². The minimum atomic E-state index is -0.666. The number of nitrogen functional groups attached to an aromatic ring is 1. The van der Waals surface area contributed by atoms with Crippen LogP contribution in [0.5, 0.6) is 0 Å². The summed E-state index contributed by atoms with van der Waals surface area (Å²) in [5.41, 5.74) is 5.85. The van der Waals surface area contributed by atoms with Gasteiger partial charge in [0.05, 0.1) is 10.2 Å². The first-order chi connectivity index (χ1) is 14.8. The van der Waals surface area contributed by atoms with Crippen molar-refractivity contribution in [1.82, 2.24) is 14.5 Å². The van der Waals surface area contributed by atoms with Crippen molar-refractivity contribution in [3.63, 3.8) is 0 Å². The standard InChI is InChI=1S/C22H27N5O3S/c1-4-5-12-26(19-20(23)27(13-14(2)3)22(30)25-21(19)29)18(28)11-10-17-24-15-8-6-7-9-16(15)31-17/h6-11,14H,4-5,12-13,23H2,1-3H3,(H,25,29,30)/b11-10+. The van der Waals surface area contributed by atoms with Gasteiger partial charge in [-0.05, 0) is 30.5 Å². The van der Waals surface area contributed by atoms with E-state index >= 15 is 0 Å². The largest absolute Gasteiger partial charge is 0.383 e. The van der Waals surface area contributed by atoms with Gasteiger partial charge in [-0.1, -0.05) is 39.3 Å². The lowest BCUT2D eigenvalue weighted by molar-refractivity contribution is -0.114. The van der Waals surface area contributed by atoms with E-state index in [1.54, 1.807) is 6.08 Å². The molecule has 8 nitrogen and oxygen atoms in total. The summed E-state index contributed by atoms with van der Waals surface area (Å²) in [4.78, 5) is 46.1. The number of carbonyl (C=O) groups is 1. The van der Waals surface area contributed by atoms with Crippen LogP contribution in [0.1, 0.15) is 38.6 Å². The molecule has 0 aliphatic heterocycles. The van der Waals surface area contributed by atoms with E-state index in [0.29, 0.717) is 24.5 Å². The molecule has 0 aliphatic carbocycles. The highest BCUT2D eigenvalue weighted by molar-refractivity contribution is 7.19. The fourth-order valence-electron chi connectivity index (χ4n) is 3.23. The number of aromatic amines is 1. The lowest BCUT2D eigenvalue weighted by Crippen LogP contribution is -2.41. The van der Waals surface area contributed by atoms with Crippen LogP contribution in [0.4, 0.5) is 11.5 Å². The second-order valence-corrected chi connectivity index (χ2v) is 8.76. The number of carbonyl (C=O) groups excluding carboxylic acids is 1. The van der Waals surface area contributed by atoms with Crippen LogP contribution in [0.15, 0.2) is 39.9 Å². The van der Waals surface area contributed by atoms with Crippen LogP contribution in [-0.4, -0.2) is 27.0 Å². The number of thiazole rings is 1. The minimum Gasteiger partial charge on any atom is -0.383 e. The topological polar surface area (TPSA) is 114 Å². The first-order valence-electron chi connectivity index (χ1n) is 10.3. The molecule has 0 saturated heterocycles. The summed E-state index contributed by atoms with van der Waals surface area (Å²) in [6.07, 6.45) is 4.54. The van der Waals surface area contributed by atoms with Gasteiger partial charge in [0.2, 0.25) is 0 Å². The molecule has 1 amide bonds. The lowest BCUT2D eigenvalue weighted by atomic mass is 10.2. The number of anilines is 2. The van der Waals surface area contributed by atoms with Crippen molar-refractivity contribution in [3.05, 3.63) is 56.2 Å². The second kappa shape index (κ2) is 9.74. The predicted molar refractivity (Wildman–Crippen MR) is 126 cm³/mol. The molecule has 0 radical (unpaired) electrons. The Balaban J connectivity index is 1.98. The molecule has 1 aromatic carbocycles. The third-order valence-electron chi connectivity index (χ3n) is 4.71. The molecule has 0 fully saturated rings. The Kier molecular flexibility index (Phi) is 7.06. The van der Waals surface area contributed by atoms with Gasteiger partial charge in [0.25, 0.3) is 11.5 Å². The lowest BCUT2D eigenvalue weighted by Gasteiger charge is -2.23. The highest BCUT2D eigenvalue weighted by Gasteiger charge is 2.23. The van der Waals surface area contributed by atoms with Crippen LogP contribution < -0.4 is 21.9 Å². The number of para-hydroxylation sites is 1. The third-order valence-corrected chi connectivity index (χ3v) is 5.71. The monoisotopic (exact) mass is 441 g/mol. The summed E-state index contributed by atoms with van der Waals surface area (Å²) in [5.74, 6) is -0.252. The number of rotatable bonds is 8. The first kappa shape index (κ1) is 22.5. The summed E-state index contributed by atoms with van der Waals surface area (Å²) in [6.45, 7) is 6.53. The summed E-state index contributed by atoms with van der Waals surface area (Å²) in [6, 6.07) is 7.73. The molecule has 2 aromatic heterocycles. The van der Waals surface area contributed by atoms with Crippen molar-refractivity contribution in [2.45, 2.75) is 40.2 Å². The van der Waals surface area contributed by atoms with Crippen molar-refractivity contribution >= 4 is 45.0 Å². The molecular weight excluding hydrogens is 414 g/mol. The van der Waals surface area contributed by atoms with Gasteiger partial charge >= 0.3 is 5.69 Å². The van der Waals surface area contributed by atoms with Crippen molar-refractivity contribution in [2.75, 3.05) is 17.2 Å². The molecule has 3 aromatic rings. The number of nitrogens with two attached hydrogens (primary N) is 1. The molecule has 0 spiro atoms. The molecule has 9 heteroatoms. The average Bonchev–Trinajstić information content (AvgIpc) is 3.14. The summed E-state index contributed by atoms with van der Waals surface area (Å²) in [7, 11) is 0. The quantitative estimate of drug-likeness (QED) is 0.521. The van der Waals surface area contributed by atoms with Gasteiger partial charge in [0.1, 0.15) is 10.8 Å². The molecule has 3 rings (SSSR count). The normalized spacial score (nSPS) is 11.6. The first-order valence-corrected chi connectivity index (χ1v) is 11.1. The number of H-pyrrole nitrogens is 1. The summed E-state index contributed by atoms with van der Waals surface area (Å²) >= 11 is 1.48. The summed E-state index contributed by atoms with van der Waals surface area (Å²) in [5, 5.41) is 0.691.